The largest absolute Gasteiger partial charge is 0.378 e. The van der Waals surface area contributed by atoms with E-state index in [1.165, 1.54) is 5.56 Å². The zero-order chi connectivity index (χ0) is 13.0. The van der Waals surface area contributed by atoms with Crippen LogP contribution in [0, 0.1) is 0 Å². The molecule has 0 bridgehead atoms. The molecule has 1 heterocycles. The fourth-order valence-corrected chi connectivity index (χ4v) is 2.75. The Labute approximate surface area is 112 Å². The van der Waals surface area contributed by atoms with Crippen LogP contribution < -0.4 is 5.73 Å². The van der Waals surface area contributed by atoms with Crippen molar-refractivity contribution in [3.63, 3.8) is 0 Å². The minimum absolute atomic E-state index is 0.517. The molecule has 0 spiro atoms. The van der Waals surface area contributed by atoms with Crippen molar-refractivity contribution in [2.45, 2.75) is 26.5 Å². The van der Waals surface area contributed by atoms with Crippen LogP contribution in [0.3, 0.4) is 0 Å². The van der Waals surface area contributed by atoms with Crippen LogP contribution in [0.5, 0.6) is 0 Å². The maximum absolute atomic E-state index is 5.73. The minimum atomic E-state index is 0.517. The van der Waals surface area contributed by atoms with Gasteiger partial charge in [0.15, 0.2) is 0 Å². The van der Waals surface area contributed by atoms with Crippen LogP contribution in [-0.2, 0) is 24.3 Å². The molecule has 0 radical (unpaired) electrons. The van der Waals surface area contributed by atoms with Crippen LogP contribution in [0.25, 0.3) is 10.6 Å². The predicted molar refractivity (Wildman–Crippen MR) is 75.5 cm³/mol. The van der Waals surface area contributed by atoms with E-state index in [1.54, 1.807) is 18.4 Å². The Kier molecular flexibility index (Phi) is 4.47. The summed E-state index contributed by atoms with van der Waals surface area (Å²) in [6.45, 7) is 3.20. The van der Waals surface area contributed by atoms with Crippen molar-refractivity contribution in [1.82, 2.24) is 4.98 Å². The molecule has 1 aromatic carbocycles. The van der Waals surface area contributed by atoms with Gasteiger partial charge in [0.1, 0.15) is 5.01 Å². The molecular formula is C14H18N2OS. The Bertz CT molecular complexity index is 505. The van der Waals surface area contributed by atoms with E-state index in [2.05, 4.69) is 36.2 Å². The van der Waals surface area contributed by atoms with Crippen LogP contribution in [0.4, 0.5) is 0 Å². The van der Waals surface area contributed by atoms with Crippen molar-refractivity contribution in [2.75, 3.05) is 7.11 Å². The van der Waals surface area contributed by atoms with E-state index >= 15 is 0 Å². The van der Waals surface area contributed by atoms with E-state index < -0.39 is 0 Å². The highest BCUT2D eigenvalue weighted by Gasteiger charge is 2.11. The third kappa shape index (κ3) is 2.77. The Morgan fingerprint density at radius 1 is 1.28 bits per heavy atom. The van der Waals surface area contributed by atoms with Gasteiger partial charge in [-0.15, -0.1) is 11.3 Å². The van der Waals surface area contributed by atoms with Gasteiger partial charge >= 0.3 is 0 Å². The van der Waals surface area contributed by atoms with Crippen molar-refractivity contribution in [3.8, 4) is 10.6 Å². The summed E-state index contributed by atoms with van der Waals surface area (Å²) < 4.78 is 5.14. The topological polar surface area (TPSA) is 48.1 Å². The third-order valence-electron chi connectivity index (χ3n) is 2.85. The van der Waals surface area contributed by atoms with Crippen molar-refractivity contribution >= 4 is 11.3 Å². The molecule has 2 rings (SSSR count). The summed E-state index contributed by atoms with van der Waals surface area (Å²) >= 11 is 1.65. The molecule has 0 aliphatic carbocycles. The highest BCUT2D eigenvalue weighted by Crippen LogP contribution is 2.28. The molecule has 0 unspecified atom stereocenters. The van der Waals surface area contributed by atoms with Gasteiger partial charge in [0.2, 0.25) is 0 Å². The fourth-order valence-electron chi connectivity index (χ4n) is 1.80. The van der Waals surface area contributed by atoms with Crippen molar-refractivity contribution in [2.24, 2.45) is 5.73 Å². The number of rotatable bonds is 5. The van der Waals surface area contributed by atoms with Gasteiger partial charge in [-0.1, -0.05) is 31.2 Å². The molecule has 4 heteroatoms. The fraction of sp³-hybridized carbons (Fsp3) is 0.357. The summed E-state index contributed by atoms with van der Waals surface area (Å²) in [7, 11) is 1.68. The molecule has 96 valence electrons. The number of hydrogen-bond acceptors (Lipinski definition) is 4. The molecule has 0 aliphatic rings. The van der Waals surface area contributed by atoms with E-state index in [-0.39, 0.29) is 0 Å². The van der Waals surface area contributed by atoms with Gasteiger partial charge in [0.25, 0.3) is 0 Å². The van der Waals surface area contributed by atoms with Crippen LogP contribution in [0.1, 0.15) is 23.1 Å². The summed E-state index contributed by atoms with van der Waals surface area (Å²) in [5, 5.41) is 1.02. The van der Waals surface area contributed by atoms with Crippen LogP contribution in [0.2, 0.25) is 0 Å². The van der Waals surface area contributed by atoms with Crippen LogP contribution >= 0.6 is 11.3 Å². The zero-order valence-corrected chi connectivity index (χ0v) is 11.6. The van der Waals surface area contributed by atoms with E-state index in [0.717, 1.165) is 27.6 Å². The van der Waals surface area contributed by atoms with Crippen molar-refractivity contribution in [1.29, 1.82) is 0 Å². The summed E-state index contributed by atoms with van der Waals surface area (Å²) in [6.07, 6.45) is 1.06. The number of nitrogens with two attached hydrogens (primary N) is 1. The van der Waals surface area contributed by atoms with Crippen LogP contribution in [0.15, 0.2) is 24.3 Å². The average molecular weight is 262 g/mol. The van der Waals surface area contributed by atoms with Gasteiger partial charge in [0.05, 0.1) is 12.3 Å². The number of ether oxygens (including phenoxy) is 1. The van der Waals surface area contributed by atoms with E-state index in [0.29, 0.717) is 13.2 Å². The maximum atomic E-state index is 5.73. The number of benzene rings is 1. The Morgan fingerprint density at radius 2 is 2.00 bits per heavy atom. The standard InChI is InChI=1S/C14H18N2OS/c1-3-10-4-6-11(7-5-10)14-16-12(9-17-2)13(8-15)18-14/h4-7H,3,8-9,15H2,1-2H3. The molecule has 0 saturated heterocycles. The monoisotopic (exact) mass is 262 g/mol. The second-order valence-electron chi connectivity index (χ2n) is 4.08. The molecule has 0 amide bonds. The first-order valence-corrected chi connectivity index (χ1v) is 6.87. The Balaban J connectivity index is 2.31. The normalized spacial score (nSPS) is 10.8. The Morgan fingerprint density at radius 3 is 2.56 bits per heavy atom. The smallest absolute Gasteiger partial charge is 0.124 e. The maximum Gasteiger partial charge on any atom is 0.124 e. The lowest BCUT2D eigenvalue weighted by atomic mass is 10.1. The quantitative estimate of drug-likeness (QED) is 0.901. The summed E-state index contributed by atoms with van der Waals surface area (Å²) in [5.41, 5.74) is 9.18. The molecular weight excluding hydrogens is 244 g/mol. The highest BCUT2D eigenvalue weighted by atomic mass is 32.1. The van der Waals surface area contributed by atoms with Gasteiger partial charge in [0, 0.05) is 24.1 Å². The lowest BCUT2D eigenvalue weighted by Gasteiger charge is -1.98. The number of aromatic nitrogens is 1. The zero-order valence-electron chi connectivity index (χ0n) is 10.8. The minimum Gasteiger partial charge on any atom is -0.378 e. The summed E-state index contributed by atoms with van der Waals surface area (Å²) in [6, 6.07) is 8.53. The van der Waals surface area contributed by atoms with Gasteiger partial charge in [-0.25, -0.2) is 4.98 Å². The van der Waals surface area contributed by atoms with Crippen molar-refractivity contribution < 1.29 is 4.74 Å². The molecule has 18 heavy (non-hydrogen) atoms. The number of thiazole rings is 1. The summed E-state index contributed by atoms with van der Waals surface area (Å²) in [5.74, 6) is 0. The van der Waals surface area contributed by atoms with Crippen LogP contribution in [-0.4, -0.2) is 12.1 Å². The van der Waals surface area contributed by atoms with Gasteiger partial charge in [-0.05, 0) is 12.0 Å². The molecule has 2 aromatic rings. The number of methoxy groups -OCH3 is 1. The van der Waals surface area contributed by atoms with Crippen molar-refractivity contribution in [3.05, 3.63) is 40.4 Å². The molecule has 1 aromatic heterocycles. The molecule has 3 nitrogen and oxygen atoms in total. The molecule has 0 aliphatic heterocycles. The predicted octanol–water partition coefficient (Wildman–Crippen LogP) is 2.98. The second kappa shape index (κ2) is 6.09. The lowest BCUT2D eigenvalue weighted by molar-refractivity contribution is 0.181. The number of nitrogens with zero attached hydrogens (tertiary/aromatic N) is 1. The molecule has 0 fully saturated rings. The first kappa shape index (κ1) is 13.2. The number of hydrogen-bond donors (Lipinski definition) is 1. The first-order chi connectivity index (χ1) is 8.78. The van der Waals surface area contributed by atoms with Gasteiger partial charge in [-0.3, -0.25) is 0 Å². The first-order valence-electron chi connectivity index (χ1n) is 6.05. The van der Waals surface area contributed by atoms with E-state index in [9.17, 15) is 0 Å². The van der Waals surface area contributed by atoms with E-state index in [1.807, 2.05) is 0 Å². The SMILES string of the molecule is CCc1ccc(-c2nc(COC)c(CN)s2)cc1. The van der Waals surface area contributed by atoms with E-state index in [4.69, 9.17) is 10.5 Å². The lowest BCUT2D eigenvalue weighted by Crippen LogP contribution is -1.99. The second-order valence-corrected chi connectivity index (χ2v) is 5.16. The molecule has 0 saturated carbocycles. The third-order valence-corrected chi connectivity index (χ3v) is 4.02. The van der Waals surface area contributed by atoms with Gasteiger partial charge in [-0.2, -0.15) is 0 Å². The number of aryl methyl sites for hydroxylation is 1. The molecule has 2 N–H and O–H groups in total. The molecule has 0 atom stereocenters. The van der Waals surface area contributed by atoms with Gasteiger partial charge < -0.3 is 10.5 Å². The average Bonchev–Trinajstić information content (AvgIpc) is 2.82. The highest BCUT2D eigenvalue weighted by molar-refractivity contribution is 7.15. The summed E-state index contributed by atoms with van der Waals surface area (Å²) in [4.78, 5) is 5.71. The Hall–Kier alpha value is -1.23.